The Morgan fingerprint density at radius 2 is 1.60 bits per heavy atom. The molecule has 2 aromatic carbocycles. The molecule has 25 heavy (non-hydrogen) atoms. The molecule has 0 N–H and O–H groups in total. The van der Waals surface area contributed by atoms with Gasteiger partial charge in [-0.2, -0.15) is 0 Å². The molecule has 0 fully saturated rings. The molecule has 0 saturated heterocycles. The molecule has 0 atom stereocenters. The van der Waals surface area contributed by atoms with Crippen LogP contribution in [0.3, 0.4) is 0 Å². The number of rotatable bonds is 6. The molecule has 2 nitrogen and oxygen atoms in total. The number of anilines is 1. The van der Waals surface area contributed by atoms with Crippen LogP contribution in [0.2, 0.25) is 0 Å². The maximum Gasteiger partial charge on any atom is 0.0488 e. The Kier molecular flexibility index (Phi) is 4.98. The zero-order valence-electron chi connectivity index (χ0n) is 15.8. The quantitative estimate of drug-likeness (QED) is 0.547. The van der Waals surface area contributed by atoms with Crippen LogP contribution in [0.5, 0.6) is 0 Å². The van der Waals surface area contributed by atoms with Crippen molar-refractivity contribution in [3.05, 3.63) is 71.9 Å². The molecule has 0 spiro atoms. The van der Waals surface area contributed by atoms with Gasteiger partial charge in [0.1, 0.15) is 0 Å². The number of fused-ring (bicyclic) bond motifs is 1. The monoisotopic (exact) mass is 332 g/mol. The first-order valence-corrected chi connectivity index (χ1v) is 9.24. The van der Waals surface area contributed by atoms with Crippen molar-refractivity contribution in [1.82, 2.24) is 4.57 Å². The molecule has 0 radical (unpaired) electrons. The van der Waals surface area contributed by atoms with Crippen molar-refractivity contribution in [2.75, 3.05) is 18.0 Å². The minimum absolute atomic E-state index is 0.973. The first-order chi connectivity index (χ1) is 12.1. The Hall–Kier alpha value is -2.48. The Labute approximate surface area is 151 Å². The maximum atomic E-state index is 4.44. The van der Waals surface area contributed by atoms with Gasteiger partial charge >= 0.3 is 0 Å². The van der Waals surface area contributed by atoms with E-state index in [2.05, 4.69) is 92.3 Å². The predicted molar refractivity (Wildman–Crippen MR) is 110 cm³/mol. The van der Waals surface area contributed by atoms with E-state index in [1.54, 1.807) is 0 Å². The van der Waals surface area contributed by atoms with Gasteiger partial charge in [-0.15, -0.1) is 0 Å². The second-order valence-electron chi connectivity index (χ2n) is 6.42. The largest absolute Gasteiger partial charge is 0.372 e. The molecule has 0 amide bonds. The lowest BCUT2D eigenvalue weighted by atomic mass is 9.96. The first-order valence-electron chi connectivity index (χ1n) is 9.24. The minimum Gasteiger partial charge on any atom is -0.372 e. The molecule has 1 aromatic heterocycles. The maximum absolute atomic E-state index is 4.44. The first kappa shape index (κ1) is 17.3. The molecule has 2 heteroatoms. The average Bonchev–Trinajstić information content (AvgIpc) is 2.94. The van der Waals surface area contributed by atoms with Crippen molar-refractivity contribution < 1.29 is 0 Å². The zero-order valence-corrected chi connectivity index (χ0v) is 15.8. The summed E-state index contributed by atoms with van der Waals surface area (Å²) in [6, 6.07) is 17.5. The molecule has 3 aromatic rings. The third-order valence-electron chi connectivity index (χ3n) is 5.19. The van der Waals surface area contributed by atoms with Crippen LogP contribution in [0.4, 0.5) is 5.69 Å². The fourth-order valence-corrected chi connectivity index (χ4v) is 3.83. The second kappa shape index (κ2) is 7.18. The highest BCUT2D eigenvalue weighted by Crippen LogP contribution is 2.34. The van der Waals surface area contributed by atoms with Crippen LogP contribution in [0.25, 0.3) is 16.5 Å². The fourth-order valence-electron chi connectivity index (χ4n) is 3.83. The standard InChI is InChI=1S/C23H28N2/c1-6-24(7-2)20-15-13-19(14-16-20)17(4)23-18(5)25(8-3)22-12-10-9-11-21(22)23/h9-16H,4,6-8H2,1-3,5H3. The SMILES string of the molecule is C=C(c1ccc(N(CC)CC)cc1)c1c(C)n(CC)c2ccccc12. The Balaban J connectivity index is 2.04. The average molecular weight is 332 g/mol. The van der Waals surface area contributed by atoms with Crippen molar-refractivity contribution in [3.63, 3.8) is 0 Å². The molecule has 0 aliphatic carbocycles. The van der Waals surface area contributed by atoms with Gasteiger partial charge in [0, 0.05) is 47.5 Å². The van der Waals surface area contributed by atoms with Gasteiger partial charge in [0.15, 0.2) is 0 Å². The van der Waals surface area contributed by atoms with Gasteiger partial charge in [0.05, 0.1) is 0 Å². The van der Waals surface area contributed by atoms with Gasteiger partial charge in [-0.25, -0.2) is 0 Å². The Morgan fingerprint density at radius 3 is 2.20 bits per heavy atom. The zero-order chi connectivity index (χ0) is 18.0. The highest BCUT2D eigenvalue weighted by atomic mass is 15.1. The number of aryl methyl sites for hydroxylation is 1. The summed E-state index contributed by atoms with van der Waals surface area (Å²) >= 11 is 0. The van der Waals surface area contributed by atoms with Gasteiger partial charge < -0.3 is 9.47 Å². The van der Waals surface area contributed by atoms with Crippen molar-refractivity contribution in [2.45, 2.75) is 34.2 Å². The van der Waals surface area contributed by atoms with E-state index in [0.717, 1.165) is 25.2 Å². The number of hydrogen-bond acceptors (Lipinski definition) is 1. The van der Waals surface area contributed by atoms with E-state index < -0.39 is 0 Å². The molecule has 0 aliphatic heterocycles. The second-order valence-corrected chi connectivity index (χ2v) is 6.42. The summed E-state index contributed by atoms with van der Waals surface area (Å²) in [5.41, 5.74) is 7.42. The van der Waals surface area contributed by atoms with Crippen LogP contribution in [0.15, 0.2) is 55.1 Å². The van der Waals surface area contributed by atoms with Crippen molar-refractivity contribution in [2.24, 2.45) is 0 Å². The van der Waals surface area contributed by atoms with E-state index in [4.69, 9.17) is 0 Å². The number of hydrogen-bond donors (Lipinski definition) is 0. The van der Waals surface area contributed by atoms with Crippen LogP contribution < -0.4 is 4.90 Å². The third-order valence-corrected chi connectivity index (χ3v) is 5.19. The summed E-state index contributed by atoms with van der Waals surface area (Å²) in [6.45, 7) is 16.3. The lowest BCUT2D eigenvalue weighted by molar-refractivity contribution is 0.768. The number of para-hydroxylation sites is 1. The summed E-state index contributed by atoms with van der Waals surface area (Å²) in [5, 5.41) is 1.29. The van der Waals surface area contributed by atoms with E-state index in [0.29, 0.717) is 0 Å². The summed E-state index contributed by atoms with van der Waals surface area (Å²) in [5.74, 6) is 0. The van der Waals surface area contributed by atoms with E-state index in [9.17, 15) is 0 Å². The topological polar surface area (TPSA) is 8.17 Å². The summed E-state index contributed by atoms with van der Waals surface area (Å²) in [4.78, 5) is 2.36. The van der Waals surface area contributed by atoms with Crippen molar-refractivity contribution in [1.29, 1.82) is 0 Å². The van der Waals surface area contributed by atoms with Crippen LogP contribution in [0.1, 0.15) is 37.6 Å². The molecule has 130 valence electrons. The molecular formula is C23H28N2. The van der Waals surface area contributed by atoms with Crippen LogP contribution >= 0.6 is 0 Å². The smallest absolute Gasteiger partial charge is 0.0488 e. The molecule has 0 saturated carbocycles. The van der Waals surface area contributed by atoms with Crippen LogP contribution in [-0.4, -0.2) is 17.7 Å². The third kappa shape index (κ3) is 2.97. The summed E-state index contributed by atoms with van der Waals surface area (Å²) in [6.07, 6.45) is 0. The predicted octanol–water partition coefficient (Wildman–Crippen LogP) is 5.88. The van der Waals surface area contributed by atoms with Gasteiger partial charge in [-0.05, 0) is 57.0 Å². The van der Waals surface area contributed by atoms with E-state index >= 15 is 0 Å². The van der Waals surface area contributed by atoms with Gasteiger partial charge in [-0.3, -0.25) is 0 Å². The van der Waals surface area contributed by atoms with Crippen LogP contribution in [-0.2, 0) is 6.54 Å². The summed E-state index contributed by atoms with van der Waals surface area (Å²) < 4.78 is 2.38. The van der Waals surface area contributed by atoms with Gasteiger partial charge in [0.2, 0.25) is 0 Å². The molecule has 0 bridgehead atoms. The number of aromatic nitrogens is 1. The number of nitrogens with zero attached hydrogens (tertiary/aromatic N) is 2. The Morgan fingerprint density at radius 1 is 0.960 bits per heavy atom. The normalized spacial score (nSPS) is 11.0. The van der Waals surface area contributed by atoms with E-state index in [1.807, 2.05) is 0 Å². The van der Waals surface area contributed by atoms with E-state index in [1.165, 1.54) is 33.4 Å². The van der Waals surface area contributed by atoms with Gasteiger partial charge in [0.25, 0.3) is 0 Å². The minimum atomic E-state index is 0.973. The molecule has 1 heterocycles. The molecule has 0 aliphatic rings. The van der Waals surface area contributed by atoms with E-state index in [-0.39, 0.29) is 0 Å². The fraction of sp³-hybridized carbons (Fsp3) is 0.304. The highest BCUT2D eigenvalue weighted by molar-refractivity contribution is 5.98. The van der Waals surface area contributed by atoms with Crippen LogP contribution in [0, 0.1) is 6.92 Å². The molecular weight excluding hydrogens is 304 g/mol. The molecule has 3 rings (SSSR count). The number of benzene rings is 2. The van der Waals surface area contributed by atoms with Crippen molar-refractivity contribution >= 4 is 22.2 Å². The lowest BCUT2D eigenvalue weighted by Crippen LogP contribution is -2.21. The summed E-state index contributed by atoms with van der Waals surface area (Å²) in [7, 11) is 0. The van der Waals surface area contributed by atoms with Crippen molar-refractivity contribution in [3.8, 4) is 0 Å². The van der Waals surface area contributed by atoms with Gasteiger partial charge in [-0.1, -0.05) is 36.9 Å². The Bertz CT molecular complexity index is 880. The molecule has 0 unspecified atom stereocenters. The highest BCUT2D eigenvalue weighted by Gasteiger charge is 2.16. The lowest BCUT2D eigenvalue weighted by Gasteiger charge is -2.21.